The van der Waals surface area contributed by atoms with E-state index in [9.17, 15) is 4.79 Å². The van der Waals surface area contributed by atoms with Gasteiger partial charge < -0.3 is 14.4 Å². The summed E-state index contributed by atoms with van der Waals surface area (Å²) in [7, 11) is 0. The minimum atomic E-state index is 0.0678. The smallest absolute Gasteiger partial charge is 0.254 e. The van der Waals surface area contributed by atoms with Gasteiger partial charge in [0.05, 0.1) is 12.1 Å². The maximum atomic E-state index is 13.3. The zero-order chi connectivity index (χ0) is 23.2. The molecule has 176 valence electrons. The number of piperazine rings is 1. The highest BCUT2D eigenvalue weighted by Gasteiger charge is 2.28. The number of ether oxygens (including phenoxy) is 2. The zero-order valence-electron chi connectivity index (χ0n) is 19.5. The third-order valence-electron chi connectivity index (χ3n) is 6.74. The van der Waals surface area contributed by atoms with Crippen LogP contribution in [0.25, 0.3) is 0 Å². The van der Waals surface area contributed by atoms with E-state index in [0.717, 1.165) is 38.3 Å². The largest absolute Gasteiger partial charge is 0.491 e. The van der Waals surface area contributed by atoms with Gasteiger partial charge in [-0.1, -0.05) is 66.7 Å². The second-order valence-corrected chi connectivity index (χ2v) is 9.03. The number of carbonyl (C=O) groups is 1. The van der Waals surface area contributed by atoms with E-state index < -0.39 is 0 Å². The van der Waals surface area contributed by atoms with Crippen molar-refractivity contribution < 1.29 is 14.3 Å². The molecule has 0 bridgehead atoms. The fraction of sp³-hybridized carbons (Fsp3) is 0.345. The Morgan fingerprint density at radius 3 is 2.18 bits per heavy atom. The summed E-state index contributed by atoms with van der Waals surface area (Å²) in [5.41, 5.74) is 3.25. The highest BCUT2D eigenvalue weighted by atomic mass is 16.5. The quantitative estimate of drug-likeness (QED) is 0.513. The summed E-state index contributed by atoms with van der Waals surface area (Å²) in [6.45, 7) is 4.42. The Kier molecular flexibility index (Phi) is 7.22. The van der Waals surface area contributed by atoms with Crippen molar-refractivity contribution in [3.8, 4) is 5.75 Å². The Balaban J connectivity index is 1.23. The Hall–Kier alpha value is -3.15. The van der Waals surface area contributed by atoms with Crippen LogP contribution in [-0.2, 0) is 4.74 Å². The summed E-state index contributed by atoms with van der Waals surface area (Å²) in [4.78, 5) is 17.7. The minimum absolute atomic E-state index is 0.0678. The van der Waals surface area contributed by atoms with Gasteiger partial charge in [0.2, 0.25) is 0 Å². The van der Waals surface area contributed by atoms with E-state index in [2.05, 4.69) is 65.6 Å². The van der Waals surface area contributed by atoms with E-state index in [0.29, 0.717) is 25.3 Å². The molecule has 0 N–H and O–H groups in total. The van der Waals surface area contributed by atoms with Crippen LogP contribution < -0.4 is 4.74 Å². The van der Waals surface area contributed by atoms with Crippen LogP contribution in [0, 0.1) is 0 Å². The Bertz CT molecular complexity index is 1020. The van der Waals surface area contributed by atoms with Crippen molar-refractivity contribution >= 4 is 5.91 Å². The second-order valence-electron chi connectivity index (χ2n) is 9.03. The molecule has 1 amide bonds. The van der Waals surface area contributed by atoms with E-state index in [1.807, 2.05) is 29.2 Å². The van der Waals surface area contributed by atoms with Gasteiger partial charge in [0.1, 0.15) is 12.4 Å². The summed E-state index contributed by atoms with van der Waals surface area (Å²) >= 11 is 0. The van der Waals surface area contributed by atoms with Gasteiger partial charge in [0, 0.05) is 38.3 Å². The standard InChI is InChI=1S/C29H32N2O3/c32-29(25-13-7-14-26(21-25)34-22-27-15-8-20-33-27)31-18-16-30(17-19-31)28(23-9-3-1-4-10-23)24-11-5-2-6-12-24/h1-7,9-14,21,27-28H,8,15-20,22H2/t27-/m1/s1. The predicted molar refractivity (Wildman–Crippen MR) is 133 cm³/mol. The molecule has 0 spiro atoms. The van der Waals surface area contributed by atoms with E-state index in [-0.39, 0.29) is 18.1 Å². The first-order valence-corrected chi connectivity index (χ1v) is 12.3. The third-order valence-corrected chi connectivity index (χ3v) is 6.74. The number of hydrogen-bond donors (Lipinski definition) is 0. The van der Waals surface area contributed by atoms with Crippen LogP contribution in [-0.4, -0.2) is 61.2 Å². The molecule has 5 rings (SSSR count). The van der Waals surface area contributed by atoms with Crippen LogP contribution in [0.2, 0.25) is 0 Å². The van der Waals surface area contributed by atoms with Gasteiger partial charge in [-0.2, -0.15) is 0 Å². The van der Waals surface area contributed by atoms with E-state index in [1.165, 1.54) is 11.1 Å². The second kappa shape index (κ2) is 10.9. The van der Waals surface area contributed by atoms with Gasteiger partial charge in [-0.25, -0.2) is 0 Å². The van der Waals surface area contributed by atoms with Crippen molar-refractivity contribution in [3.63, 3.8) is 0 Å². The molecule has 2 fully saturated rings. The summed E-state index contributed by atoms with van der Waals surface area (Å²) in [5, 5.41) is 0. The monoisotopic (exact) mass is 456 g/mol. The number of nitrogens with zero attached hydrogens (tertiary/aromatic N) is 2. The summed E-state index contributed by atoms with van der Waals surface area (Å²) in [5.74, 6) is 0.798. The van der Waals surface area contributed by atoms with Gasteiger partial charge in [0.25, 0.3) is 5.91 Å². The van der Waals surface area contributed by atoms with Gasteiger partial charge >= 0.3 is 0 Å². The minimum Gasteiger partial charge on any atom is -0.491 e. The number of hydrogen-bond acceptors (Lipinski definition) is 4. The molecule has 1 atom stereocenters. The van der Waals surface area contributed by atoms with Crippen LogP contribution in [0.5, 0.6) is 5.75 Å². The van der Waals surface area contributed by atoms with Crippen LogP contribution in [0.3, 0.4) is 0 Å². The Morgan fingerprint density at radius 1 is 0.882 bits per heavy atom. The van der Waals surface area contributed by atoms with Crippen molar-refractivity contribution in [1.82, 2.24) is 9.80 Å². The van der Waals surface area contributed by atoms with Crippen molar-refractivity contribution in [2.45, 2.75) is 25.0 Å². The van der Waals surface area contributed by atoms with Gasteiger partial charge in [-0.15, -0.1) is 0 Å². The highest BCUT2D eigenvalue weighted by molar-refractivity contribution is 5.94. The topological polar surface area (TPSA) is 42.0 Å². The lowest BCUT2D eigenvalue weighted by Crippen LogP contribution is -2.49. The Labute approximate surface area is 201 Å². The molecular weight excluding hydrogens is 424 g/mol. The average molecular weight is 457 g/mol. The first-order valence-electron chi connectivity index (χ1n) is 12.3. The van der Waals surface area contributed by atoms with Crippen molar-refractivity contribution in [2.75, 3.05) is 39.4 Å². The van der Waals surface area contributed by atoms with Crippen molar-refractivity contribution in [1.29, 1.82) is 0 Å². The zero-order valence-corrected chi connectivity index (χ0v) is 19.5. The molecule has 2 saturated heterocycles. The molecule has 34 heavy (non-hydrogen) atoms. The van der Waals surface area contributed by atoms with Crippen LogP contribution >= 0.6 is 0 Å². The predicted octanol–water partition coefficient (Wildman–Crippen LogP) is 4.79. The highest BCUT2D eigenvalue weighted by Crippen LogP contribution is 2.29. The van der Waals surface area contributed by atoms with Crippen LogP contribution in [0.15, 0.2) is 84.9 Å². The molecule has 0 radical (unpaired) electrons. The molecule has 2 heterocycles. The molecule has 3 aromatic carbocycles. The SMILES string of the molecule is O=C(c1cccc(OC[C@H]2CCCO2)c1)N1CCN(C(c2ccccc2)c2ccccc2)CC1. The molecule has 2 aliphatic rings. The van der Waals surface area contributed by atoms with Gasteiger partial charge in [-0.3, -0.25) is 9.69 Å². The fourth-order valence-corrected chi connectivity index (χ4v) is 4.93. The lowest BCUT2D eigenvalue weighted by Gasteiger charge is -2.39. The van der Waals surface area contributed by atoms with Crippen LogP contribution in [0.1, 0.15) is 40.4 Å². The van der Waals surface area contributed by atoms with Gasteiger partial charge in [-0.05, 0) is 42.2 Å². The first kappa shape index (κ1) is 22.6. The molecule has 5 heteroatoms. The van der Waals surface area contributed by atoms with Crippen molar-refractivity contribution in [3.05, 3.63) is 102 Å². The Morgan fingerprint density at radius 2 is 1.56 bits per heavy atom. The maximum Gasteiger partial charge on any atom is 0.254 e. The third kappa shape index (κ3) is 5.32. The molecule has 0 unspecified atom stereocenters. The molecule has 0 aromatic heterocycles. The molecular formula is C29H32N2O3. The summed E-state index contributed by atoms with van der Waals surface area (Å²) < 4.78 is 11.5. The van der Waals surface area contributed by atoms with Crippen molar-refractivity contribution in [2.24, 2.45) is 0 Å². The fourth-order valence-electron chi connectivity index (χ4n) is 4.93. The van der Waals surface area contributed by atoms with E-state index in [1.54, 1.807) is 0 Å². The number of amides is 1. The average Bonchev–Trinajstić information content (AvgIpc) is 3.43. The molecule has 5 nitrogen and oxygen atoms in total. The molecule has 0 aliphatic carbocycles. The maximum absolute atomic E-state index is 13.3. The number of rotatable bonds is 7. The molecule has 2 aliphatic heterocycles. The summed E-state index contributed by atoms with van der Waals surface area (Å²) in [6, 6.07) is 29.0. The van der Waals surface area contributed by atoms with Gasteiger partial charge in [0.15, 0.2) is 0 Å². The van der Waals surface area contributed by atoms with Crippen LogP contribution in [0.4, 0.5) is 0 Å². The normalized spacial score (nSPS) is 18.9. The number of benzene rings is 3. The van der Waals surface area contributed by atoms with E-state index >= 15 is 0 Å². The lowest BCUT2D eigenvalue weighted by molar-refractivity contribution is 0.0595. The molecule has 0 saturated carbocycles. The first-order chi connectivity index (χ1) is 16.8. The lowest BCUT2D eigenvalue weighted by atomic mass is 9.96. The molecule has 3 aromatic rings. The summed E-state index contributed by atoms with van der Waals surface area (Å²) in [6.07, 6.45) is 2.29. The van der Waals surface area contributed by atoms with E-state index in [4.69, 9.17) is 9.47 Å². The number of carbonyl (C=O) groups excluding carboxylic acids is 1.